The largest absolute Gasteiger partial charge is 0.406 e. The maximum atomic E-state index is 11.9. The Morgan fingerprint density at radius 1 is 1.50 bits per heavy atom. The topological polar surface area (TPSA) is 122 Å². The monoisotopic (exact) mass is 310 g/mol. The first-order valence-corrected chi connectivity index (χ1v) is 7.40. The number of nitrogens with two attached hydrogens (primary N) is 2. The molecule has 122 valence electrons. The summed E-state index contributed by atoms with van der Waals surface area (Å²) in [6.45, 7) is 3.02. The third-order valence-corrected chi connectivity index (χ3v) is 3.71. The van der Waals surface area contributed by atoms with Crippen molar-refractivity contribution in [2.24, 2.45) is 11.7 Å². The molecule has 1 saturated heterocycles. The number of carbonyl (C=O) groups excluding carboxylic acids is 2. The van der Waals surface area contributed by atoms with E-state index < -0.39 is 17.8 Å². The molecular formula is C14H22N4O4. The smallest absolute Gasteiger partial charge is 0.315 e. The number of primary amides is 1. The van der Waals surface area contributed by atoms with Gasteiger partial charge in [0.2, 0.25) is 11.8 Å². The van der Waals surface area contributed by atoms with E-state index >= 15 is 0 Å². The highest BCUT2D eigenvalue weighted by Crippen LogP contribution is 2.26. The van der Waals surface area contributed by atoms with Crippen molar-refractivity contribution in [2.75, 3.05) is 18.9 Å². The van der Waals surface area contributed by atoms with Crippen molar-refractivity contribution in [1.29, 1.82) is 0 Å². The van der Waals surface area contributed by atoms with Crippen molar-refractivity contribution in [2.45, 2.75) is 38.6 Å². The average Bonchev–Trinajstić information content (AvgIpc) is 2.86. The number of rotatable bonds is 6. The summed E-state index contributed by atoms with van der Waals surface area (Å²) in [6.07, 6.45) is 2.15. The highest BCUT2D eigenvalue weighted by Gasteiger charge is 2.22. The molecule has 0 aliphatic carbocycles. The number of amides is 1. The molecule has 1 aliphatic heterocycles. The van der Waals surface area contributed by atoms with Gasteiger partial charge in [-0.1, -0.05) is 6.92 Å². The van der Waals surface area contributed by atoms with Crippen LogP contribution in [0.3, 0.4) is 0 Å². The maximum Gasteiger partial charge on any atom is 0.315 e. The predicted molar refractivity (Wildman–Crippen MR) is 79.0 cm³/mol. The lowest BCUT2D eigenvalue weighted by atomic mass is 10.1. The first kappa shape index (κ1) is 16.3. The van der Waals surface area contributed by atoms with E-state index in [1.807, 2.05) is 0 Å². The minimum Gasteiger partial charge on any atom is -0.406 e. The molecule has 1 aromatic heterocycles. The standard InChI is InChI=1S/C14H22N4O4/c1-9(2-3-12(16)19)14(20)22-13-8-11(15)18(17-13)10-4-6-21-7-5-10/h8-10H,2-7,15H2,1H3,(H2,16,19). The number of anilines is 1. The molecule has 0 bridgehead atoms. The van der Waals surface area contributed by atoms with Gasteiger partial charge in [-0.25, -0.2) is 4.68 Å². The third-order valence-electron chi connectivity index (χ3n) is 3.71. The van der Waals surface area contributed by atoms with Crippen molar-refractivity contribution in [3.8, 4) is 5.88 Å². The fraction of sp³-hybridized carbons (Fsp3) is 0.643. The summed E-state index contributed by atoms with van der Waals surface area (Å²) in [7, 11) is 0. The van der Waals surface area contributed by atoms with E-state index in [0.29, 0.717) is 25.5 Å². The van der Waals surface area contributed by atoms with E-state index in [2.05, 4.69) is 5.10 Å². The summed E-state index contributed by atoms with van der Waals surface area (Å²) < 4.78 is 12.2. The Morgan fingerprint density at radius 2 is 2.18 bits per heavy atom. The Bertz CT molecular complexity index is 537. The Morgan fingerprint density at radius 3 is 2.82 bits per heavy atom. The van der Waals surface area contributed by atoms with Crippen LogP contribution >= 0.6 is 0 Å². The van der Waals surface area contributed by atoms with Crippen molar-refractivity contribution in [1.82, 2.24) is 9.78 Å². The molecule has 0 saturated carbocycles. The van der Waals surface area contributed by atoms with Gasteiger partial charge in [0.05, 0.1) is 12.0 Å². The van der Waals surface area contributed by atoms with Gasteiger partial charge < -0.3 is 20.9 Å². The van der Waals surface area contributed by atoms with Gasteiger partial charge >= 0.3 is 5.97 Å². The minimum atomic E-state index is -0.446. The molecule has 1 atom stereocenters. The summed E-state index contributed by atoms with van der Waals surface area (Å²) >= 11 is 0. The molecule has 4 N–H and O–H groups in total. The van der Waals surface area contributed by atoms with Gasteiger partial charge in [0.25, 0.3) is 0 Å². The zero-order valence-electron chi connectivity index (χ0n) is 12.7. The summed E-state index contributed by atoms with van der Waals surface area (Å²) in [5.74, 6) is -0.674. The van der Waals surface area contributed by atoms with E-state index in [1.165, 1.54) is 6.07 Å². The van der Waals surface area contributed by atoms with Crippen LogP contribution in [-0.4, -0.2) is 34.9 Å². The first-order valence-electron chi connectivity index (χ1n) is 7.40. The first-order chi connectivity index (χ1) is 10.5. The number of aromatic nitrogens is 2. The second kappa shape index (κ2) is 7.26. The van der Waals surface area contributed by atoms with Crippen LogP contribution in [0.1, 0.15) is 38.6 Å². The van der Waals surface area contributed by atoms with Gasteiger partial charge in [-0.05, 0) is 19.3 Å². The lowest BCUT2D eigenvalue weighted by molar-refractivity contribution is -0.139. The Balaban J connectivity index is 1.95. The van der Waals surface area contributed by atoms with Gasteiger partial charge in [0, 0.05) is 25.7 Å². The quantitative estimate of drug-likeness (QED) is 0.743. The molecule has 8 nitrogen and oxygen atoms in total. The van der Waals surface area contributed by atoms with E-state index in [9.17, 15) is 9.59 Å². The average molecular weight is 310 g/mol. The van der Waals surface area contributed by atoms with Gasteiger partial charge in [-0.2, -0.15) is 0 Å². The summed E-state index contributed by atoms with van der Waals surface area (Å²) in [5.41, 5.74) is 11.0. The molecule has 0 radical (unpaired) electrons. The highest BCUT2D eigenvalue weighted by atomic mass is 16.5. The van der Waals surface area contributed by atoms with Crippen LogP contribution in [0.4, 0.5) is 5.82 Å². The van der Waals surface area contributed by atoms with Crippen LogP contribution in [-0.2, 0) is 14.3 Å². The molecule has 8 heteroatoms. The lowest BCUT2D eigenvalue weighted by Gasteiger charge is -2.23. The number of hydrogen-bond donors (Lipinski definition) is 2. The number of nitrogen functional groups attached to an aromatic ring is 1. The zero-order valence-corrected chi connectivity index (χ0v) is 12.7. The molecule has 22 heavy (non-hydrogen) atoms. The molecule has 0 aromatic carbocycles. The van der Waals surface area contributed by atoms with Gasteiger partial charge in [-0.15, -0.1) is 5.10 Å². The lowest BCUT2D eigenvalue weighted by Crippen LogP contribution is -2.22. The predicted octanol–water partition coefficient (Wildman–Crippen LogP) is 0.624. The van der Waals surface area contributed by atoms with Crippen molar-refractivity contribution >= 4 is 17.7 Å². The second-order valence-corrected chi connectivity index (χ2v) is 5.52. The third kappa shape index (κ3) is 4.20. The molecule has 1 fully saturated rings. The van der Waals surface area contributed by atoms with Crippen molar-refractivity contribution < 1.29 is 19.1 Å². The fourth-order valence-corrected chi connectivity index (χ4v) is 2.34. The molecule has 2 rings (SSSR count). The van der Waals surface area contributed by atoms with Crippen LogP contribution in [0.2, 0.25) is 0 Å². The van der Waals surface area contributed by atoms with E-state index in [-0.39, 0.29) is 18.3 Å². The van der Waals surface area contributed by atoms with E-state index in [4.69, 9.17) is 20.9 Å². The molecule has 0 spiro atoms. The highest BCUT2D eigenvalue weighted by molar-refractivity contribution is 5.77. The van der Waals surface area contributed by atoms with Crippen molar-refractivity contribution in [3.63, 3.8) is 0 Å². The molecule has 1 amide bonds. The van der Waals surface area contributed by atoms with Crippen LogP contribution in [0.5, 0.6) is 5.88 Å². The van der Waals surface area contributed by atoms with Crippen LogP contribution in [0.15, 0.2) is 6.07 Å². The summed E-state index contributed by atoms with van der Waals surface area (Å²) in [5, 5.41) is 4.25. The van der Waals surface area contributed by atoms with Crippen LogP contribution in [0.25, 0.3) is 0 Å². The minimum absolute atomic E-state index is 0.148. The van der Waals surface area contributed by atoms with E-state index in [1.54, 1.807) is 11.6 Å². The number of nitrogens with zero attached hydrogens (tertiary/aromatic N) is 2. The van der Waals surface area contributed by atoms with Gasteiger partial charge in [0.15, 0.2) is 0 Å². The molecule has 2 heterocycles. The van der Waals surface area contributed by atoms with Gasteiger partial charge in [0.1, 0.15) is 5.82 Å². The normalized spacial score (nSPS) is 17.1. The molecule has 1 unspecified atom stereocenters. The maximum absolute atomic E-state index is 11.9. The molecule has 1 aliphatic rings. The van der Waals surface area contributed by atoms with Gasteiger partial charge in [-0.3, -0.25) is 9.59 Å². The number of esters is 1. The number of ether oxygens (including phenoxy) is 2. The van der Waals surface area contributed by atoms with E-state index in [0.717, 1.165) is 12.8 Å². The van der Waals surface area contributed by atoms with Crippen LogP contribution < -0.4 is 16.2 Å². The van der Waals surface area contributed by atoms with Crippen molar-refractivity contribution in [3.05, 3.63) is 6.07 Å². The Hall–Kier alpha value is -2.09. The molecule has 1 aromatic rings. The second-order valence-electron chi connectivity index (χ2n) is 5.52. The zero-order chi connectivity index (χ0) is 16.1. The Labute approximate surface area is 128 Å². The number of carbonyl (C=O) groups is 2. The summed E-state index contributed by atoms with van der Waals surface area (Å²) in [4.78, 5) is 22.7. The van der Waals surface area contributed by atoms with Crippen LogP contribution in [0, 0.1) is 5.92 Å². The molecular weight excluding hydrogens is 288 g/mol. The SMILES string of the molecule is CC(CCC(N)=O)C(=O)Oc1cc(N)n(C2CCOCC2)n1. The number of hydrogen-bond acceptors (Lipinski definition) is 6. The fourth-order valence-electron chi connectivity index (χ4n) is 2.34. The Kier molecular flexibility index (Phi) is 5.37. The summed E-state index contributed by atoms with van der Waals surface area (Å²) in [6, 6.07) is 1.70.